The van der Waals surface area contributed by atoms with Gasteiger partial charge < -0.3 is 10.1 Å². The molecule has 0 amide bonds. The zero-order valence-electron chi connectivity index (χ0n) is 10.4. The molecule has 0 aliphatic heterocycles. The van der Waals surface area contributed by atoms with Gasteiger partial charge >= 0.3 is 0 Å². The van der Waals surface area contributed by atoms with Gasteiger partial charge in [-0.15, -0.1) is 0 Å². The highest BCUT2D eigenvalue weighted by Gasteiger charge is 2.12. The Morgan fingerprint density at radius 1 is 1.38 bits per heavy atom. The maximum absolute atomic E-state index is 5.66. The van der Waals surface area contributed by atoms with Gasteiger partial charge in [-0.1, -0.05) is 22.0 Å². The number of halogens is 1. The smallest absolute Gasteiger partial charge is 0.0664 e. The maximum atomic E-state index is 5.66. The van der Waals surface area contributed by atoms with Crippen LogP contribution in [0.2, 0.25) is 0 Å². The highest BCUT2D eigenvalue weighted by atomic mass is 79.9. The lowest BCUT2D eigenvalue weighted by molar-refractivity contribution is 0.0625. The summed E-state index contributed by atoms with van der Waals surface area (Å²) in [6.45, 7) is 6.94. The summed E-state index contributed by atoms with van der Waals surface area (Å²) in [6, 6.07) is 6.61. The summed E-state index contributed by atoms with van der Waals surface area (Å²) in [7, 11) is 1.97. The van der Waals surface area contributed by atoms with Gasteiger partial charge in [-0.2, -0.15) is 0 Å². The SMILES string of the molecule is CNC(COC(C)C)c1ccc(Br)cc1C. The van der Waals surface area contributed by atoms with Gasteiger partial charge in [0.15, 0.2) is 0 Å². The first-order chi connectivity index (χ1) is 7.54. The molecule has 1 unspecified atom stereocenters. The molecule has 0 aromatic heterocycles. The molecule has 0 saturated heterocycles. The van der Waals surface area contributed by atoms with E-state index in [2.05, 4.69) is 60.2 Å². The van der Waals surface area contributed by atoms with Crippen LogP contribution in [-0.2, 0) is 4.74 Å². The van der Waals surface area contributed by atoms with E-state index in [1.165, 1.54) is 11.1 Å². The minimum Gasteiger partial charge on any atom is -0.377 e. The summed E-state index contributed by atoms with van der Waals surface area (Å²) in [5, 5.41) is 3.29. The summed E-state index contributed by atoms with van der Waals surface area (Å²) in [5.74, 6) is 0. The lowest BCUT2D eigenvalue weighted by atomic mass is 10.0. The van der Waals surface area contributed by atoms with E-state index in [-0.39, 0.29) is 12.1 Å². The Balaban J connectivity index is 2.78. The Morgan fingerprint density at radius 2 is 2.06 bits per heavy atom. The molecule has 0 fully saturated rings. The van der Waals surface area contributed by atoms with Crippen LogP contribution in [0.25, 0.3) is 0 Å². The lowest BCUT2D eigenvalue weighted by Crippen LogP contribution is -2.24. The third-order valence-electron chi connectivity index (χ3n) is 2.55. The number of nitrogens with one attached hydrogen (secondary N) is 1. The second kappa shape index (κ2) is 6.38. The summed E-state index contributed by atoms with van der Waals surface area (Å²) in [6.07, 6.45) is 0.270. The van der Waals surface area contributed by atoms with Crippen LogP contribution < -0.4 is 5.32 Å². The predicted molar refractivity (Wildman–Crippen MR) is 71.8 cm³/mol. The van der Waals surface area contributed by atoms with Crippen molar-refractivity contribution >= 4 is 15.9 Å². The minimum atomic E-state index is 0.260. The van der Waals surface area contributed by atoms with Gasteiger partial charge in [-0.25, -0.2) is 0 Å². The summed E-state index contributed by atoms with van der Waals surface area (Å²) in [4.78, 5) is 0. The van der Waals surface area contributed by atoms with E-state index in [0.29, 0.717) is 6.61 Å². The molecular formula is C13H20BrNO. The van der Waals surface area contributed by atoms with Gasteiger partial charge in [0.05, 0.1) is 18.8 Å². The van der Waals surface area contributed by atoms with Crippen molar-refractivity contribution in [2.24, 2.45) is 0 Å². The van der Waals surface area contributed by atoms with Crippen LogP contribution in [-0.4, -0.2) is 19.8 Å². The third-order valence-corrected chi connectivity index (χ3v) is 3.05. The molecule has 0 aliphatic rings. The number of aryl methyl sites for hydroxylation is 1. The number of likely N-dealkylation sites (N-methyl/N-ethyl adjacent to an activating group) is 1. The first kappa shape index (κ1) is 13.7. The molecule has 16 heavy (non-hydrogen) atoms. The second-order valence-electron chi connectivity index (χ2n) is 4.22. The van der Waals surface area contributed by atoms with Crippen LogP contribution in [0.5, 0.6) is 0 Å². The molecule has 0 saturated carbocycles. The molecule has 0 spiro atoms. The van der Waals surface area contributed by atoms with Crippen LogP contribution in [0, 0.1) is 6.92 Å². The standard InChI is InChI=1S/C13H20BrNO/c1-9(2)16-8-13(15-4)12-6-5-11(14)7-10(12)3/h5-7,9,13,15H,8H2,1-4H3. The van der Waals surface area contributed by atoms with E-state index in [4.69, 9.17) is 4.74 Å². The van der Waals surface area contributed by atoms with E-state index >= 15 is 0 Å². The number of hydrogen-bond donors (Lipinski definition) is 1. The molecule has 90 valence electrons. The average Bonchev–Trinajstić information content (AvgIpc) is 2.21. The van der Waals surface area contributed by atoms with Crippen molar-refractivity contribution in [1.29, 1.82) is 0 Å². The predicted octanol–water partition coefficient (Wildman–Crippen LogP) is 3.44. The minimum absolute atomic E-state index is 0.260. The molecule has 0 bridgehead atoms. The molecule has 0 aliphatic carbocycles. The van der Waals surface area contributed by atoms with Gasteiger partial charge in [0.1, 0.15) is 0 Å². The van der Waals surface area contributed by atoms with Crippen molar-refractivity contribution in [2.75, 3.05) is 13.7 Å². The fraction of sp³-hybridized carbons (Fsp3) is 0.538. The molecule has 1 rings (SSSR count). The van der Waals surface area contributed by atoms with Gasteiger partial charge in [0.2, 0.25) is 0 Å². The zero-order chi connectivity index (χ0) is 12.1. The lowest BCUT2D eigenvalue weighted by Gasteiger charge is -2.20. The van der Waals surface area contributed by atoms with Crippen molar-refractivity contribution in [1.82, 2.24) is 5.32 Å². The van der Waals surface area contributed by atoms with E-state index < -0.39 is 0 Å². The van der Waals surface area contributed by atoms with Crippen molar-refractivity contribution in [3.8, 4) is 0 Å². The normalized spacial score (nSPS) is 13.1. The van der Waals surface area contributed by atoms with Crippen LogP contribution in [0.15, 0.2) is 22.7 Å². The number of hydrogen-bond acceptors (Lipinski definition) is 2. The molecule has 1 atom stereocenters. The van der Waals surface area contributed by atoms with Crippen molar-refractivity contribution in [3.63, 3.8) is 0 Å². The number of rotatable bonds is 5. The van der Waals surface area contributed by atoms with E-state index in [9.17, 15) is 0 Å². The van der Waals surface area contributed by atoms with E-state index in [1.807, 2.05) is 7.05 Å². The van der Waals surface area contributed by atoms with Gasteiger partial charge in [0.25, 0.3) is 0 Å². The second-order valence-corrected chi connectivity index (χ2v) is 5.14. The highest BCUT2D eigenvalue weighted by Crippen LogP contribution is 2.22. The molecule has 1 aromatic rings. The van der Waals surface area contributed by atoms with Crippen molar-refractivity contribution in [3.05, 3.63) is 33.8 Å². The topological polar surface area (TPSA) is 21.3 Å². The Morgan fingerprint density at radius 3 is 2.56 bits per heavy atom. The molecule has 1 aromatic carbocycles. The summed E-state index contributed by atoms with van der Waals surface area (Å²) in [5.41, 5.74) is 2.58. The van der Waals surface area contributed by atoms with Crippen molar-refractivity contribution in [2.45, 2.75) is 32.9 Å². The van der Waals surface area contributed by atoms with Crippen LogP contribution in [0.4, 0.5) is 0 Å². The van der Waals surface area contributed by atoms with E-state index in [0.717, 1.165) is 4.47 Å². The number of ether oxygens (including phenoxy) is 1. The molecule has 0 radical (unpaired) electrons. The maximum Gasteiger partial charge on any atom is 0.0664 e. The van der Waals surface area contributed by atoms with Gasteiger partial charge in [-0.05, 0) is 51.1 Å². The number of benzene rings is 1. The Kier molecular flexibility index (Phi) is 5.46. The quantitative estimate of drug-likeness (QED) is 0.895. The molecular weight excluding hydrogens is 266 g/mol. The largest absolute Gasteiger partial charge is 0.377 e. The molecule has 2 nitrogen and oxygen atoms in total. The van der Waals surface area contributed by atoms with Crippen LogP contribution >= 0.6 is 15.9 Å². The average molecular weight is 286 g/mol. The third kappa shape index (κ3) is 3.89. The first-order valence-electron chi connectivity index (χ1n) is 5.59. The Hall–Kier alpha value is -0.380. The highest BCUT2D eigenvalue weighted by molar-refractivity contribution is 9.10. The monoisotopic (exact) mass is 285 g/mol. The first-order valence-corrected chi connectivity index (χ1v) is 6.38. The van der Waals surface area contributed by atoms with E-state index in [1.54, 1.807) is 0 Å². The molecule has 1 N–H and O–H groups in total. The zero-order valence-corrected chi connectivity index (χ0v) is 12.0. The van der Waals surface area contributed by atoms with Crippen LogP contribution in [0.3, 0.4) is 0 Å². The molecule has 0 heterocycles. The van der Waals surface area contributed by atoms with Gasteiger partial charge in [-0.3, -0.25) is 0 Å². The van der Waals surface area contributed by atoms with Crippen molar-refractivity contribution < 1.29 is 4.74 Å². The summed E-state index contributed by atoms with van der Waals surface area (Å²) < 4.78 is 6.78. The fourth-order valence-corrected chi connectivity index (χ4v) is 2.12. The summed E-state index contributed by atoms with van der Waals surface area (Å²) >= 11 is 3.48. The van der Waals surface area contributed by atoms with Gasteiger partial charge in [0, 0.05) is 4.47 Å². The molecule has 3 heteroatoms. The fourth-order valence-electron chi connectivity index (χ4n) is 1.65. The Labute approximate surface area is 107 Å². The Bertz CT molecular complexity index is 339. The van der Waals surface area contributed by atoms with Crippen LogP contribution in [0.1, 0.15) is 31.0 Å².